The summed E-state index contributed by atoms with van der Waals surface area (Å²) in [7, 11) is 0. The molecule has 12 rings (SSSR count). The van der Waals surface area contributed by atoms with Crippen molar-refractivity contribution in [3.05, 3.63) is 194 Å². The van der Waals surface area contributed by atoms with Crippen LogP contribution in [-0.2, 0) is 0 Å². The van der Waals surface area contributed by atoms with Crippen molar-refractivity contribution < 1.29 is 0 Å². The lowest BCUT2D eigenvalue weighted by Gasteiger charge is -2.18. The average Bonchev–Trinajstić information content (AvgIpc) is 3.63. The summed E-state index contributed by atoms with van der Waals surface area (Å²) in [5.41, 5.74) is 7.51. The molecule has 0 N–H and O–H groups in total. The van der Waals surface area contributed by atoms with E-state index in [2.05, 4.69) is 194 Å². The maximum atomic E-state index is 2.41. The number of fused-ring (bicyclic) bond motifs is 12. The number of rotatable bonds is 3. The molecule has 0 spiro atoms. The van der Waals surface area contributed by atoms with Crippen LogP contribution < -0.4 is 0 Å². The van der Waals surface area contributed by atoms with Gasteiger partial charge in [0.1, 0.15) is 0 Å². The van der Waals surface area contributed by atoms with E-state index in [9.17, 15) is 0 Å². The summed E-state index contributed by atoms with van der Waals surface area (Å²) in [6, 6.07) is 72.2. The molecule has 0 aliphatic heterocycles. The third-order valence-corrected chi connectivity index (χ3v) is 13.0. The first-order valence-electron chi connectivity index (χ1n) is 19.0. The molecule has 0 saturated carbocycles. The van der Waals surface area contributed by atoms with Gasteiger partial charge < -0.3 is 0 Å². The molecule has 0 aliphatic carbocycles. The third kappa shape index (κ3) is 4.64. The molecule has 0 nitrogen and oxygen atoms in total. The Morgan fingerprint density at radius 2 is 0.745 bits per heavy atom. The Bertz CT molecular complexity index is 3470. The van der Waals surface area contributed by atoms with Gasteiger partial charge in [0.05, 0.1) is 0 Å². The van der Waals surface area contributed by atoms with Gasteiger partial charge in [-0.3, -0.25) is 0 Å². The largest absolute Gasteiger partial charge is 0.134 e. The minimum atomic E-state index is 1.22. The zero-order chi connectivity index (χ0) is 36.0. The molecule has 0 saturated heterocycles. The Morgan fingerprint density at radius 3 is 1.42 bits per heavy atom. The zero-order valence-corrected chi connectivity index (χ0v) is 30.7. The second-order valence-corrected chi connectivity index (χ2v) is 15.8. The van der Waals surface area contributed by atoms with E-state index in [1.54, 1.807) is 0 Å². The van der Waals surface area contributed by atoms with Gasteiger partial charge in [-0.25, -0.2) is 0 Å². The lowest BCUT2D eigenvalue weighted by atomic mass is 9.85. The first kappa shape index (κ1) is 30.6. The predicted octanol–water partition coefficient (Wildman–Crippen LogP) is 16.0. The quantitative estimate of drug-likeness (QED) is 0.126. The Kier molecular flexibility index (Phi) is 6.60. The monoisotopic (exact) mass is 712 g/mol. The highest BCUT2D eigenvalue weighted by Gasteiger charge is 2.18. The van der Waals surface area contributed by atoms with Gasteiger partial charge in [0.15, 0.2) is 0 Å². The molecule has 0 atom stereocenters. The van der Waals surface area contributed by atoms with Crippen LogP contribution in [0.5, 0.6) is 0 Å². The van der Waals surface area contributed by atoms with Crippen LogP contribution in [0.2, 0.25) is 0 Å². The predicted molar refractivity (Wildman–Crippen MR) is 241 cm³/mol. The molecule has 55 heavy (non-hydrogen) atoms. The SMILES string of the molecule is c1ccc2cc(-c3c4ccccc4c(-c4ccc(-c5ccc6c(c5)c5ccccc5c5c7cc8ccccc8cc7sc65)cc4)c4ccccc34)ccc2c1. The molecule has 0 aliphatic rings. The van der Waals surface area contributed by atoms with Crippen molar-refractivity contribution in [3.8, 4) is 33.4 Å². The van der Waals surface area contributed by atoms with E-state index in [0.717, 1.165) is 0 Å². The van der Waals surface area contributed by atoms with E-state index in [-0.39, 0.29) is 0 Å². The van der Waals surface area contributed by atoms with Crippen molar-refractivity contribution in [2.24, 2.45) is 0 Å². The third-order valence-electron chi connectivity index (χ3n) is 11.8. The smallest absolute Gasteiger partial charge is 0.0440 e. The molecule has 11 aromatic carbocycles. The molecular weight excluding hydrogens is 681 g/mol. The molecule has 0 amide bonds. The van der Waals surface area contributed by atoms with E-state index in [4.69, 9.17) is 0 Å². The Hall–Kier alpha value is -6.80. The van der Waals surface area contributed by atoms with Crippen molar-refractivity contribution in [3.63, 3.8) is 0 Å². The fourth-order valence-corrected chi connectivity index (χ4v) is 10.5. The minimum absolute atomic E-state index is 1.22. The van der Waals surface area contributed by atoms with Crippen molar-refractivity contribution in [1.29, 1.82) is 0 Å². The highest BCUT2D eigenvalue weighted by molar-refractivity contribution is 7.27. The average molecular weight is 713 g/mol. The summed E-state index contributed by atoms with van der Waals surface area (Å²) in [4.78, 5) is 0. The number of thiophene rings is 1. The highest BCUT2D eigenvalue weighted by Crippen LogP contribution is 2.47. The van der Waals surface area contributed by atoms with Gasteiger partial charge in [-0.2, -0.15) is 0 Å². The number of hydrogen-bond donors (Lipinski definition) is 0. The molecule has 1 heteroatoms. The van der Waals surface area contributed by atoms with Gasteiger partial charge in [-0.15, -0.1) is 11.3 Å². The van der Waals surface area contributed by atoms with E-state index in [1.807, 2.05) is 11.3 Å². The normalized spacial score (nSPS) is 12.0. The summed E-state index contributed by atoms with van der Waals surface area (Å²) < 4.78 is 2.71. The molecule has 0 radical (unpaired) electrons. The maximum absolute atomic E-state index is 2.41. The molecular formula is C54H32S. The van der Waals surface area contributed by atoms with Gasteiger partial charge in [0, 0.05) is 25.6 Å². The second kappa shape index (κ2) is 11.9. The topological polar surface area (TPSA) is 0 Å². The summed E-state index contributed by atoms with van der Waals surface area (Å²) in [5, 5.41) is 18.2. The van der Waals surface area contributed by atoms with Gasteiger partial charge in [-0.05, 0) is 117 Å². The van der Waals surface area contributed by atoms with E-state index in [0.29, 0.717) is 0 Å². The number of hydrogen-bond acceptors (Lipinski definition) is 1. The number of benzene rings is 11. The standard InChI is InChI=1S/C54H32S/c1-2-12-36-29-40(26-23-33(36)11-1)52-45-19-9-7-17-43(45)51(44-18-8-10-20-46(44)52)35-24-21-34(22-25-35)39-27-28-47-48(30-39)41-15-5-6-16-42(41)53-49-31-37-13-3-4-14-38(37)32-50(49)55-54(47)53/h1-32H. The Morgan fingerprint density at radius 1 is 0.255 bits per heavy atom. The lowest BCUT2D eigenvalue weighted by Crippen LogP contribution is -1.91. The highest BCUT2D eigenvalue weighted by atomic mass is 32.1. The first-order valence-corrected chi connectivity index (χ1v) is 19.8. The van der Waals surface area contributed by atoms with Crippen LogP contribution in [0.15, 0.2) is 194 Å². The van der Waals surface area contributed by atoms with Crippen molar-refractivity contribution in [2.45, 2.75) is 0 Å². The van der Waals surface area contributed by atoms with Crippen LogP contribution in [0.25, 0.3) is 118 Å². The fraction of sp³-hybridized carbons (Fsp3) is 0. The van der Waals surface area contributed by atoms with Crippen LogP contribution >= 0.6 is 11.3 Å². The molecule has 0 fully saturated rings. The second-order valence-electron chi connectivity index (χ2n) is 14.8. The summed E-state index contributed by atoms with van der Waals surface area (Å²) in [6.07, 6.45) is 0. The van der Waals surface area contributed by atoms with Crippen LogP contribution in [-0.4, -0.2) is 0 Å². The molecule has 1 aromatic heterocycles. The zero-order valence-electron chi connectivity index (χ0n) is 29.9. The van der Waals surface area contributed by atoms with Gasteiger partial charge >= 0.3 is 0 Å². The van der Waals surface area contributed by atoms with Crippen LogP contribution in [0.3, 0.4) is 0 Å². The minimum Gasteiger partial charge on any atom is -0.134 e. The summed E-state index contributed by atoms with van der Waals surface area (Å²) in [5.74, 6) is 0. The van der Waals surface area contributed by atoms with Gasteiger partial charge in [0.25, 0.3) is 0 Å². The van der Waals surface area contributed by atoms with E-state index >= 15 is 0 Å². The first-order chi connectivity index (χ1) is 27.3. The fourth-order valence-electron chi connectivity index (χ4n) is 9.24. The molecule has 12 aromatic rings. The summed E-state index contributed by atoms with van der Waals surface area (Å²) >= 11 is 1.92. The Balaban J connectivity index is 1.02. The van der Waals surface area contributed by atoms with Crippen molar-refractivity contribution in [1.82, 2.24) is 0 Å². The van der Waals surface area contributed by atoms with Gasteiger partial charge in [-0.1, -0.05) is 170 Å². The summed E-state index contributed by atoms with van der Waals surface area (Å²) in [6.45, 7) is 0. The van der Waals surface area contributed by atoms with Crippen molar-refractivity contribution >= 4 is 96.1 Å². The molecule has 0 unspecified atom stereocenters. The van der Waals surface area contributed by atoms with Crippen molar-refractivity contribution in [2.75, 3.05) is 0 Å². The van der Waals surface area contributed by atoms with E-state index < -0.39 is 0 Å². The lowest BCUT2D eigenvalue weighted by molar-refractivity contribution is 1.63. The van der Waals surface area contributed by atoms with Crippen LogP contribution in [0.4, 0.5) is 0 Å². The van der Waals surface area contributed by atoms with Gasteiger partial charge in [0.2, 0.25) is 0 Å². The van der Waals surface area contributed by atoms with Crippen LogP contribution in [0.1, 0.15) is 0 Å². The molecule has 0 bridgehead atoms. The maximum Gasteiger partial charge on any atom is 0.0440 e. The molecule has 254 valence electrons. The van der Waals surface area contributed by atoms with Crippen LogP contribution in [0, 0.1) is 0 Å². The Labute approximate surface area is 322 Å². The van der Waals surface area contributed by atoms with E-state index in [1.165, 1.54) is 118 Å². The molecule has 1 heterocycles.